The summed E-state index contributed by atoms with van der Waals surface area (Å²) in [5, 5.41) is 3.82. The summed E-state index contributed by atoms with van der Waals surface area (Å²) in [5.41, 5.74) is 0.880. The van der Waals surface area contributed by atoms with Gasteiger partial charge in [-0.1, -0.05) is 11.2 Å². The van der Waals surface area contributed by atoms with E-state index >= 15 is 0 Å². The molecule has 1 aliphatic heterocycles. The minimum atomic E-state index is -0.563. The maximum absolute atomic E-state index is 11.4. The second-order valence-corrected chi connectivity index (χ2v) is 3.22. The number of carbonyl (C=O) groups is 1. The van der Waals surface area contributed by atoms with Crippen molar-refractivity contribution in [2.24, 2.45) is 5.16 Å². The molecule has 72 valence electrons. The van der Waals surface area contributed by atoms with Crippen molar-refractivity contribution in [1.82, 2.24) is 4.90 Å². The molecule has 0 fully saturated rings. The molecule has 0 bridgehead atoms. The molecule has 1 atom stereocenters. The van der Waals surface area contributed by atoms with Gasteiger partial charge in [-0.05, 0) is 13.0 Å². The van der Waals surface area contributed by atoms with Crippen molar-refractivity contribution in [2.45, 2.75) is 19.4 Å². The van der Waals surface area contributed by atoms with E-state index in [0.29, 0.717) is 0 Å². The van der Waals surface area contributed by atoms with Crippen LogP contribution in [-0.2, 0) is 9.63 Å². The molecule has 1 amide bonds. The molecule has 0 radical (unpaired) electrons. The van der Waals surface area contributed by atoms with Crippen LogP contribution < -0.4 is 0 Å². The molecule has 1 unspecified atom stereocenters. The van der Waals surface area contributed by atoms with Gasteiger partial charge in [-0.25, -0.2) is 0 Å². The number of allylic oxidation sites excluding steroid dienone is 1. The molecule has 0 spiro atoms. The smallest absolute Gasteiger partial charge is 0.270 e. The average molecular weight is 182 g/mol. The first-order valence-corrected chi connectivity index (χ1v) is 4.18. The van der Waals surface area contributed by atoms with Crippen molar-refractivity contribution in [1.29, 1.82) is 0 Å². The van der Waals surface area contributed by atoms with E-state index in [1.54, 1.807) is 20.2 Å². The molecule has 0 aromatic heterocycles. The number of amides is 1. The SMILES string of the molecule is CC1=NOC(C(=O)N(C)C)C=CC1. The zero-order valence-corrected chi connectivity index (χ0v) is 8.15. The molecular weight excluding hydrogens is 168 g/mol. The maximum Gasteiger partial charge on any atom is 0.270 e. The Morgan fingerprint density at radius 1 is 1.69 bits per heavy atom. The van der Waals surface area contributed by atoms with E-state index in [2.05, 4.69) is 5.16 Å². The molecule has 1 aliphatic rings. The third kappa shape index (κ3) is 2.57. The monoisotopic (exact) mass is 182 g/mol. The summed E-state index contributed by atoms with van der Waals surface area (Å²) < 4.78 is 0. The summed E-state index contributed by atoms with van der Waals surface area (Å²) in [5.74, 6) is -0.0882. The maximum atomic E-state index is 11.4. The summed E-state index contributed by atoms with van der Waals surface area (Å²) in [4.78, 5) is 18.0. The summed E-state index contributed by atoms with van der Waals surface area (Å²) in [6, 6.07) is 0. The average Bonchev–Trinajstić information content (AvgIpc) is 2.28. The number of nitrogens with zero attached hydrogens (tertiary/aromatic N) is 2. The molecule has 0 aliphatic carbocycles. The van der Waals surface area contributed by atoms with Gasteiger partial charge >= 0.3 is 0 Å². The predicted molar refractivity (Wildman–Crippen MR) is 50.4 cm³/mol. The fourth-order valence-electron chi connectivity index (χ4n) is 0.963. The summed E-state index contributed by atoms with van der Waals surface area (Å²) in [6.45, 7) is 1.87. The van der Waals surface area contributed by atoms with E-state index in [9.17, 15) is 4.79 Å². The van der Waals surface area contributed by atoms with E-state index in [1.807, 2.05) is 13.0 Å². The standard InChI is InChI=1S/C9H14N2O2/c1-7-5-4-6-8(13-10-7)9(12)11(2)3/h4,6,8H,5H2,1-3H3. The van der Waals surface area contributed by atoms with Crippen LogP contribution in [0.1, 0.15) is 13.3 Å². The number of hydrogen-bond donors (Lipinski definition) is 0. The first-order chi connectivity index (χ1) is 6.11. The van der Waals surface area contributed by atoms with E-state index in [1.165, 1.54) is 4.90 Å². The fraction of sp³-hybridized carbons (Fsp3) is 0.556. The van der Waals surface area contributed by atoms with Gasteiger partial charge in [0.15, 0.2) is 0 Å². The molecule has 0 aromatic carbocycles. The van der Waals surface area contributed by atoms with Gasteiger partial charge in [-0.3, -0.25) is 4.79 Å². The van der Waals surface area contributed by atoms with Crippen LogP contribution in [0, 0.1) is 0 Å². The van der Waals surface area contributed by atoms with Gasteiger partial charge in [0.25, 0.3) is 5.91 Å². The van der Waals surface area contributed by atoms with Crippen molar-refractivity contribution in [3.05, 3.63) is 12.2 Å². The van der Waals surface area contributed by atoms with Crippen LogP contribution in [-0.4, -0.2) is 36.7 Å². The minimum Gasteiger partial charge on any atom is -0.378 e. The van der Waals surface area contributed by atoms with E-state index in [4.69, 9.17) is 4.84 Å². The molecule has 13 heavy (non-hydrogen) atoms. The lowest BCUT2D eigenvalue weighted by Crippen LogP contribution is -2.33. The Balaban J connectivity index is 2.67. The number of hydrogen-bond acceptors (Lipinski definition) is 3. The molecule has 0 N–H and O–H groups in total. The van der Waals surface area contributed by atoms with E-state index in [0.717, 1.165) is 12.1 Å². The predicted octanol–water partition coefficient (Wildman–Crippen LogP) is 0.796. The molecule has 0 saturated heterocycles. The largest absolute Gasteiger partial charge is 0.378 e. The van der Waals surface area contributed by atoms with E-state index < -0.39 is 6.10 Å². The molecular formula is C9H14N2O2. The Labute approximate surface area is 77.8 Å². The lowest BCUT2D eigenvalue weighted by molar-refractivity contribution is -0.138. The van der Waals surface area contributed by atoms with Crippen LogP contribution in [0.3, 0.4) is 0 Å². The highest BCUT2D eigenvalue weighted by molar-refractivity contribution is 5.85. The van der Waals surface area contributed by atoms with E-state index in [-0.39, 0.29) is 5.91 Å². The van der Waals surface area contributed by atoms with Crippen molar-refractivity contribution in [3.63, 3.8) is 0 Å². The second-order valence-electron chi connectivity index (χ2n) is 3.22. The summed E-state index contributed by atoms with van der Waals surface area (Å²) in [6.07, 6.45) is 3.82. The second kappa shape index (κ2) is 4.07. The summed E-state index contributed by atoms with van der Waals surface area (Å²) in [7, 11) is 3.39. The van der Waals surface area contributed by atoms with Crippen LogP contribution in [0.25, 0.3) is 0 Å². The molecule has 1 heterocycles. The molecule has 1 rings (SSSR count). The van der Waals surface area contributed by atoms with Gasteiger partial charge in [0.2, 0.25) is 6.10 Å². The van der Waals surface area contributed by atoms with Crippen LogP contribution in [0.2, 0.25) is 0 Å². The Bertz CT molecular complexity index is 256. The number of rotatable bonds is 1. The number of oxime groups is 1. The normalized spacial score (nSPS) is 21.5. The third-order valence-corrected chi connectivity index (χ3v) is 1.73. The zero-order valence-electron chi connectivity index (χ0n) is 8.15. The van der Waals surface area contributed by atoms with Crippen LogP contribution in [0.4, 0.5) is 0 Å². The Morgan fingerprint density at radius 3 is 3.00 bits per heavy atom. The van der Waals surface area contributed by atoms with Crippen molar-refractivity contribution < 1.29 is 9.63 Å². The molecule has 4 nitrogen and oxygen atoms in total. The highest BCUT2D eigenvalue weighted by Crippen LogP contribution is 2.06. The van der Waals surface area contributed by atoms with Gasteiger partial charge in [0, 0.05) is 20.5 Å². The highest BCUT2D eigenvalue weighted by atomic mass is 16.6. The zero-order chi connectivity index (χ0) is 9.84. The van der Waals surface area contributed by atoms with Crippen molar-refractivity contribution in [3.8, 4) is 0 Å². The Hall–Kier alpha value is -1.32. The molecule has 0 aromatic rings. The first-order valence-electron chi connectivity index (χ1n) is 4.18. The lowest BCUT2D eigenvalue weighted by Gasteiger charge is -2.14. The third-order valence-electron chi connectivity index (χ3n) is 1.73. The Kier molecular flexibility index (Phi) is 3.06. The molecule has 0 saturated carbocycles. The van der Waals surface area contributed by atoms with Gasteiger partial charge in [0.05, 0.1) is 5.71 Å². The molecule has 4 heteroatoms. The van der Waals surface area contributed by atoms with Crippen LogP contribution in [0.15, 0.2) is 17.3 Å². The summed E-state index contributed by atoms with van der Waals surface area (Å²) >= 11 is 0. The van der Waals surface area contributed by atoms with Crippen LogP contribution in [0.5, 0.6) is 0 Å². The topological polar surface area (TPSA) is 41.9 Å². The van der Waals surface area contributed by atoms with Gasteiger partial charge < -0.3 is 9.74 Å². The number of carbonyl (C=O) groups excluding carboxylic acids is 1. The number of likely N-dealkylation sites (N-methyl/N-ethyl adjacent to an activating group) is 1. The lowest BCUT2D eigenvalue weighted by atomic mass is 10.2. The van der Waals surface area contributed by atoms with Gasteiger partial charge in [-0.2, -0.15) is 0 Å². The first kappa shape index (κ1) is 9.77. The highest BCUT2D eigenvalue weighted by Gasteiger charge is 2.19. The quantitative estimate of drug-likeness (QED) is 0.563. The Morgan fingerprint density at radius 2 is 2.38 bits per heavy atom. The van der Waals surface area contributed by atoms with Crippen LogP contribution >= 0.6 is 0 Å². The fourth-order valence-corrected chi connectivity index (χ4v) is 0.963. The minimum absolute atomic E-state index is 0.0882. The van der Waals surface area contributed by atoms with Crippen molar-refractivity contribution in [2.75, 3.05) is 14.1 Å². The van der Waals surface area contributed by atoms with Crippen molar-refractivity contribution >= 4 is 11.6 Å². The van der Waals surface area contributed by atoms with Gasteiger partial charge in [0.1, 0.15) is 0 Å². The van der Waals surface area contributed by atoms with Gasteiger partial charge in [-0.15, -0.1) is 0 Å².